The average molecular weight is 240 g/mol. The van der Waals surface area contributed by atoms with Crippen LogP contribution in [0, 0.1) is 0 Å². The number of fused-ring (bicyclic) bond motifs is 1. The molecule has 3 heteroatoms. The second kappa shape index (κ2) is 3.43. The molecule has 78 valence electrons. The Labute approximate surface area is 98.4 Å². The molecule has 1 aromatic heterocycles. The molecule has 1 aliphatic carbocycles. The minimum atomic E-state index is 0.702. The van der Waals surface area contributed by atoms with Gasteiger partial charge in [0.1, 0.15) is 0 Å². The molecular weight excluding hydrogens is 229 g/mol. The van der Waals surface area contributed by atoms with E-state index in [0.29, 0.717) is 16.0 Å². The zero-order valence-corrected chi connectivity index (χ0v) is 9.70. The molecule has 1 aliphatic rings. The molecule has 1 heterocycles. The summed E-state index contributed by atoms with van der Waals surface area (Å²) in [5.74, 6) is 0.702. The SMILES string of the molecule is Clc1cc(Cl)c2[nH]cc(C3CCC3)c2c1. The third-order valence-corrected chi connectivity index (χ3v) is 3.80. The topological polar surface area (TPSA) is 15.8 Å². The monoisotopic (exact) mass is 239 g/mol. The number of aromatic amines is 1. The van der Waals surface area contributed by atoms with Crippen LogP contribution in [-0.2, 0) is 0 Å². The van der Waals surface area contributed by atoms with Crippen molar-refractivity contribution in [1.82, 2.24) is 4.98 Å². The molecule has 1 N–H and O–H groups in total. The van der Waals surface area contributed by atoms with Crippen molar-refractivity contribution in [2.45, 2.75) is 25.2 Å². The van der Waals surface area contributed by atoms with Gasteiger partial charge in [-0.2, -0.15) is 0 Å². The number of halogens is 2. The van der Waals surface area contributed by atoms with Crippen LogP contribution in [0.3, 0.4) is 0 Å². The van der Waals surface area contributed by atoms with Crippen LogP contribution in [0.4, 0.5) is 0 Å². The highest BCUT2D eigenvalue weighted by Crippen LogP contribution is 2.41. The maximum Gasteiger partial charge on any atom is 0.0661 e. The van der Waals surface area contributed by atoms with E-state index in [1.54, 1.807) is 6.07 Å². The molecule has 1 fully saturated rings. The van der Waals surface area contributed by atoms with Gasteiger partial charge in [-0.3, -0.25) is 0 Å². The van der Waals surface area contributed by atoms with E-state index in [0.717, 1.165) is 5.52 Å². The van der Waals surface area contributed by atoms with Crippen molar-refractivity contribution < 1.29 is 0 Å². The maximum absolute atomic E-state index is 6.13. The summed E-state index contributed by atoms with van der Waals surface area (Å²) in [6.07, 6.45) is 6.00. The molecule has 3 rings (SSSR count). The molecule has 1 nitrogen and oxygen atoms in total. The van der Waals surface area contributed by atoms with E-state index in [-0.39, 0.29) is 0 Å². The number of hydrogen-bond acceptors (Lipinski definition) is 0. The Hall–Kier alpha value is -0.660. The summed E-state index contributed by atoms with van der Waals surface area (Å²) in [6.45, 7) is 0. The van der Waals surface area contributed by atoms with Gasteiger partial charge < -0.3 is 4.98 Å². The number of benzene rings is 1. The number of aromatic nitrogens is 1. The predicted molar refractivity (Wildman–Crippen MR) is 64.9 cm³/mol. The highest BCUT2D eigenvalue weighted by Gasteiger charge is 2.22. The molecule has 0 atom stereocenters. The molecule has 0 amide bonds. The van der Waals surface area contributed by atoms with Crippen LogP contribution in [-0.4, -0.2) is 4.98 Å². The van der Waals surface area contributed by atoms with Gasteiger partial charge in [0.2, 0.25) is 0 Å². The van der Waals surface area contributed by atoms with Crippen LogP contribution < -0.4 is 0 Å². The minimum absolute atomic E-state index is 0.702. The number of rotatable bonds is 1. The van der Waals surface area contributed by atoms with Gasteiger partial charge in [-0.05, 0) is 36.5 Å². The van der Waals surface area contributed by atoms with E-state index in [9.17, 15) is 0 Å². The molecule has 1 saturated carbocycles. The number of hydrogen-bond donors (Lipinski definition) is 1. The van der Waals surface area contributed by atoms with Crippen molar-refractivity contribution in [2.24, 2.45) is 0 Å². The van der Waals surface area contributed by atoms with Gasteiger partial charge in [-0.1, -0.05) is 29.6 Å². The van der Waals surface area contributed by atoms with E-state index >= 15 is 0 Å². The number of H-pyrrole nitrogens is 1. The van der Waals surface area contributed by atoms with Crippen LogP contribution in [0.25, 0.3) is 10.9 Å². The van der Waals surface area contributed by atoms with Crippen molar-refractivity contribution in [2.75, 3.05) is 0 Å². The lowest BCUT2D eigenvalue weighted by Gasteiger charge is -2.24. The van der Waals surface area contributed by atoms with Gasteiger partial charge in [-0.15, -0.1) is 0 Å². The number of nitrogens with one attached hydrogen (secondary N) is 1. The van der Waals surface area contributed by atoms with Gasteiger partial charge in [0.15, 0.2) is 0 Å². The molecule has 15 heavy (non-hydrogen) atoms. The Kier molecular flexibility index (Phi) is 2.18. The summed E-state index contributed by atoms with van der Waals surface area (Å²) < 4.78 is 0. The largest absolute Gasteiger partial charge is 0.360 e. The molecule has 0 bridgehead atoms. The Morgan fingerprint density at radius 1 is 1.20 bits per heavy atom. The van der Waals surface area contributed by atoms with Crippen molar-refractivity contribution in [3.05, 3.63) is 33.9 Å². The first-order valence-electron chi connectivity index (χ1n) is 5.22. The first-order valence-corrected chi connectivity index (χ1v) is 5.97. The van der Waals surface area contributed by atoms with E-state index in [1.807, 2.05) is 6.07 Å². The van der Waals surface area contributed by atoms with Crippen LogP contribution in [0.15, 0.2) is 18.3 Å². The van der Waals surface area contributed by atoms with Crippen molar-refractivity contribution in [3.63, 3.8) is 0 Å². The molecule has 0 aliphatic heterocycles. The quantitative estimate of drug-likeness (QED) is 0.740. The van der Waals surface area contributed by atoms with E-state index in [4.69, 9.17) is 23.2 Å². The van der Waals surface area contributed by atoms with Gasteiger partial charge in [0.25, 0.3) is 0 Å². The molecule has 0 unspecified atom stereocenters. The minimum Gasteiger partial charge on any atom is -0.360 e. The average Bonchev–Trinajstić information content (AvgIpc) is 2.46. The fourth-order valence-corrected chi connectivity index (χ4v) is 2.78. The van der Waals surface area contributed by atoms with E-state index < -0.39 is 0 Å². The highest BCUT2D eigenvalue weighted by molar-refractivity contribution is 6.38. The second-order valence-corrected chi connectivity index (χ2v) is 5.03. The molecule has 0 spiro atoms. The maximum atomic E-state index is 6.13. The Morgan fingerprint density at radius 3 is 2.67 bits per heavy atom. The second-order valence-electron chi connectivity index (χ2n) is 4.18. The summed E-state index contributed by atoms with van der Waals surface area (Å²) in [7, 11) is 0. The van der Waals surface area contributed by atoms with E-state index in [1.165, 1.54) is 30.2 Å². The van der Waals surface area contributed by atoms with Gasteiger partial charge in [-0.25, -0.2) is 0 Å². The predicted octanol–water partition coefficient (Wildman–Crippen LogP) is 4.74. The zero-order chi connectivity index (χ0) is 10.4. The smallest absolute Gasteiger partial charge is 0.0661 e. The summed E-state index contributed by atoms with van der Waals surface area (Å²) >= 11 is 12.1. The molecule has 0 saturated heterocycles. The Balaban J connectivity index is 2.23. The molecule has 1 aromatic carbocycles. The van der Waals surface area contributed by atoms with Gasteiger partial charge in [0, 0.05) is 16.6 Å². The van der Waals surface area contributed by atoms with Crippen molar-refractivity contribution >= 4 is 34.1 Å². The lowest BCUT2D eigenvalue weighted by Crippen LogP contribution is -2.07. The lowest BCUT2D eigenvalue weighted by molar-refractivity contribution is 0.422. The third kappa shape index (κ3) is 1.45. The first-order chi connectivity index (χ1) is 7.25. The molecule has 0 radical (unpaired) electrons. The zero-order valence-electron chi connectivity index (χ0n) is 8.19. The normalized spacial score (nSPS) is 16.9. The summed E-state index contributed by atoms with van der Waals surface area (Å²) in [6, 6.07) is 3.79. The standard InChI is InChI=1S/C12H11Cl2N/c13-8-4-9-10(7-2-1-3-7)6-15-12(9)11(14)5-8/h4-7,15H,1-3H2. The summed E-state index contributed by atoms with van der Waals surface area (Å²) in [4.78, 5) is 3.24. The summed E-state index contributed by atoms with van der Waals surface area (Å²) in [5, 5.41) is 2.62. The van der Waals surface area contributed by atoms with Crippen molar-refractivity contribution in [3.8, 4) is 0 Å². The van der Waals surface area contributed by atoms with Crippen LogP contribution in [0.2, 0.25) is 10.0 Å². The van der Waals surface area contributed by atoms with Crippen LogP contribution in [0.5, 0.6) is 0 Å². The lowest BCUT2D eigenvalue weighted by atomic mass is 9.80. The molecular formula is C12H11Cl2N. The van der Waals surface area contributed by atoms with Crippen LogP contribution in [0.1, 0.15) is 30.7 Å². The highest BCUT2D eigenvalue weighted by atomic mass is 35.5. The third-order valence-electron chi connectivity index (χ3n) is 3.28. The Morgan fingerprint density at radius 2 is 2.00 bits per heavy atom. The first kappa shape index (κ1) is 9.56. The summed E-state index contributed by atoms with van der Waals surface area (Å²) in [5.41, 5.74) is 2.39. The van der Waals surface area contributed by atoms with Gasteiger partial charge in [0.05, 0.1) is 10.5 Å². The van der Waals surface area contributed by atoms with Crippen LogP contribution >= 0.6 is 23.2 Å². The molecule has 2 aromatic rings. The Bertz CT molecular complexity index is 512. The van der Waals surface area contributed by atoms with E-state index in [2.05, 4.69) is 11.2 Å². The van der Waals surface area contributed by atoms with Gasteiger partial charge >= 0.3 is 0 Å². The van der Waals surface area contributed by atoms with Crippen molar-refractivity contribution in [1.29, 1.82) is 0 Å². The fraction of sp³-hybridized carbons (Fsp3) is 0.333. The fourth-order valence-electron chi connectivity index (χ4n) is 2.23.